The zero-order chi connectivity index (χ0) is 12.0. The lowest BCUT2D eigenvalue weighted by atomic mass is 10.0. The Morgan fingerprint density at radius 1 is 1.12 bits per heavy atom. The summed E-state index contributed by atoms with van der Waals surface area (Å²) in [6.07, 6.45) is 7.38. The van der Waals surface area contributed by atoms with E-state index in [0.717, 1.165) is 12.8 Å². The molecule has 1 aliphatic carbocycles. The van der Waals surface area contributed by atoms with E-state index in [1.165, 1.54) is 25.7 Å². The van der Waals surface area contributed by atoms with Gasteiger partial charge in [0.25, 0.3) is 0 Å². The molecule has 1 aliphatic rings. The molecule has 0 radical (unpaired) electrons. The molecule has 2 heteroatoms. The van der Waals surface area contributed by atoms with Crippen LogP contribution in [0.15, 0.2) is 0 Å². The van der Waals surface area contributed by atoms with Crippen LogP contribution < -0.4 is 0 Å². The van der Waals surface area contributed by atoms with E-state index in [4.69, 9.17) is 4.74 Å². The van der Waals surface area contributed by atoms with Crippen molar-refractivity contribution < 1.29 is 9.53 Å². The Morgan fingerprint density at radius 2 is 1.69 bits per heavy atom. The van der Waals surface area contributed by atoms with E-state index in [1.54, 1.807) is 0 Å². The van der Waals surface area contributed by atoms with Gasteiger partial charge in [-0.15, -0.1) is 0 Å². The van der Waals surface area contributed by atoms with E-state index >= 15 is 0 Å². The van der Waals surface area contributed by atoms with Crippen LogP contribution >= 0.6 is 0 Å². The lowest BCUT2D eigenvalue weighted by Gasteiger charge is -2.17. The van der Waals surface area contributed by atoms with Gasteiger partial charge in [0.2, 0.25) is 0 Å². The molecular formula is C14H22O2. The summed E-state index contributed by atoms with van der Waals surface area (Å²) in [5, 5.41) is 0. The molecular weight excluding hydrogens is 200 g/mol. The summed E-state index contributed by atoms with van der Waals surface area (Å²) < 4.78 is 5.15. The van der Waals surface area contributed by atoms with Crippen molar-refractivity contribution in [2.45, 2.75) is 64.9 Å². The highest BCUT2D eigenvalue weighted by atomic mass is 16.6. The molecule has 0 saturated heterocycles. The van der Waals surface area contributed by atoms with Gasteiger partial charge in [0, 0.05) is 11.8 Å². The van der Waals surface area contributed by atoms with Crippen molar-refractivity contribution in [2.24, 2.45) is 5.92 Å². The fourth-order valence-corrected chi connectivity index (χ4v) is 1.89. The number of hydrogen-bond acceptors (Lipinski definition) is 2. The molecule has 0 bridgehead atoms. The molecule has 0 N–H and O–H groups in total. The lowest BCUT2D eigenvalue weighted by Crippen LogP contribution is -2.22. The van der Waals surface area contributed by atoms with Crippen LogP contribution in [0.2, 0.25) is 0 Å². The summed E-state index contributed by atoms with van der Waals surface area (Å²) in [6.45, 7) is 5.58. The highest BCUT2D eigenvalue weighted by Gasteiger charge is 2.15. The van der Waals surface area contributed by atoms with Gasteiger partial charge in [-0.1, -0.05) is 31.6 Å². The van der Waals surface area contributed by atoms with Gasteiger partial charge >= 0.3 is 5.97 Å². The van der Waals surface area contributed by atoms with Crippen LogP contribution in [-0.4, -0.2) is 11.6 Å². The standard InChI is InChI=1S/C14H22O2/c1-14(2,3)16-13(15)11-10-12-8-6-4-5-7-9-12/h12H,4-9H2,1-3H3. The summed E-state index contributed by atoms with van der Waals surface area (Å²) in [6, 6.07) is 0. The average molecular weight is 222 g/mol. The third-order valence-corrected chi connectivity index (χ3v) is 2.63. The van der Waals surface area contributed by atoms with E-state index < -0.39 is 11.6 Å². The van der Waals surface area contributed by atoms with Crippen molar-refractivity contribution in [3.8, 4) is 11.8 Å². The highest BCUT2D eigenvalue weighted by molar-refractivity contribution is 5.88. The normalized spacial score (nSPS) is 18.2. The van der Waals surface area contributed by atoms with Gasteiger partial charge in [0.1, 0.15) is 5.60 Å². The average Bonchev–Trinajstić information content (AvgIpc) is 2.39. The summed E-state index contributed by atoms with van der Waals surface area (Å²) in [5.74, 6) is 5.69. The van der Waals surface area contributed by atoms with E-state index in [-0.39, 0.29) is 0 Å². The smallest absolute Gasteiger partial charge is 0.384 e. The van der Waals surface area contributed by atoms with Crippen molar-refractivity contribution in [3.05, 3.63) is 0 Å². The van der Waals surface area contributed by atoms with Crippen LogP contribution in [0.25, 0.3) is 0 Å². The van der Waals surface area contributed by atoms with Crippen LogP contribution in [0, 0.1) is 17.8 Å². The molecule has 0 aromatic heterocycles. The number of hydrogen-bond donors (Lipinski definition) is 0. The zero-order valence-corrected chi connectivity index (χ0v) is 10.6. The van der Waals surface area contributed by atoms with E-state index in [1.807, 2.05) is 20.8 Å². The van der Waals surface area contributed by atoms with Crippen LogP contribution in [0.4, 0.5) is 0 Å². The molecule has 0 aliphatic heterocycles. The summed E-state index contributed by atoms with van der Waals surface area (Å²) >= 11 is 0. The number of rotatable bonds is 0. The van der Waals surface area contributed by atoms with Gasteiger partial charge in [-0.25, -0.2) is 4.79 Å². The number of esters is 1. The molecule has 0 aromatic carbocycles. The Hall–Kier alpha value is -0.970. The summed E-state index contributed by atoms with van der Waals surface area (Å²) in [4.78, 5) is 11.4. The minimum Gasteiger partial charge on any atom is -0.450 e. The Kier molecular flexibility index (Phi) is 4.86. The fraction of sp³-hybridized carbons (Fsp3) is 0.786. The molecule has 0 spiro atoms. The minimum absolute atomic E-state index is 0.392. The first-order valence-corrected chi connectivity index (χ1v) is 6.22. The lowest BCUT2D eigenvalue weighted by molar-refractivity contribution is -0.147. The molecule has 0 heterocycles. The minimum atomic E-state index is -0.435. The van der Waals surface area contributed by atoms with Gasteiger partial charge in [-0.2, -0.15) is 0 Å². The molecule has 1 rings (SSSR count). The molecule has 0 unspecified atom stereocenters. The van der Waals surface area contributed by atoms with Crippen molar-refractivity contribution >= 4 is 5.97 Å². The quantitative estimate of drug-likeness (QED) is 0.272. The van der Waals surface area contributed by atoms with Crippen molar-refractivity contribution in [1.29, 1.82) is 0 Å². The molecule has 0 atom stereocenters. The van der Waals surface area contributed by atoms with Gasteiger partial charge < -0.3 is 4.74 Å². The van der Waals surface area contributed by atoms with Crippen molar-refractivity contribution in [3.63, 3.8) is 0 Å². The predicted molar refractivity (Wildman–Crippen MR) is 64.8 cm³/mol. The SMILES string of the molecule is CC(C)(C)OC(=O)C#CC1CCCCCC1. The van der Waals surface area contributed by atoms with Gasteiger partial charge in [-0.3, -0.25) is 0 Å². The van der Waals surface area contributed by atoms with Crippen molar-refractivity contribution in [2.75, 3.05) is 0 Å². The summed E-state index contributed by atoms with van der Waals surface area (Å²) in [7, 11) is 0. The second-order valence-corrected chi connectivity index (χ2v) is 5.46. The topological polar surface area (TPSA) is 26.3 Å². The van der Waals surface area contributed by atoms with Crippen LogP contribution in [-0.2, 0) is 9.53 Å². The largest absolute Gasteiger partial charge is 0.450 e. The Balaban J connectivity index is 2.43. The molecule has 0 amide bonds. The first kappa shape index (κ1) is 13.1. The first-order valence-electron chi connectivity index (χ1n) is 6.22. The third kappa shape index (κ3) is 5.80. The zero-order valence-electron chi connectivity index (χ0n) is 10.6. The molecule has 90 valence electrons. The van der Waals surface area contributed by atoms with Crippen LogP contribution in [0.3, 0.4) is 0 Å². The second kappa shape index (κ2) is 5.94. The van der Waals surface area contributed by atoms with E-state index in [0.29, 0.717) is 5.92 Å². The first-order chi connectivity index (χ1) is 7.47. The Morgan fingerprint density at radius 3 is 2.19 bits per heavy atom. The molecule has 16 heavy (non-hydrogen) atoms. The highest BCUT2D eigenvalue weighted by Crippen LogP contribution is 2.21. The Bertz CT molecular complexity index is 280. The van der Waals surface area contributed by atoms with E-state index in [9.17, 15) is 4.79 Å². The molecule has 0 aromatic rings. The maximum Gasteiger partial charge on any atom is 0.384 e. The van der Waals surface area contributed by atoms with Crippen molar-refractivity contribution in [1.82, 2.24) is 0 Å². The summed E-state index contributed by atoms with van der Waals surface area (Å²) in [5.41, 5.74) is -0.435. The van der Waals surface area contributed by atoms with Crippen LogP contribution in [0.5, 0.6) is 0 Å². The van der Waals surface area contributed by atoms with Gasteiger partial charge in [0.15, 0.2) is 0 Å². The third-order valence-electron chi connectivity index (χ3n) is 2.63. The molecule has 1 fully saturated rings. The number of carbonyl (C=O) groups excluding carboxylic acids is 1. The fourth-order valence-electron chi connectivity index (χ4n) is 1.89. The predicted octanol–water partition coefficient (Wildman–Crippen LogP) is 3.30. The maximum atomic E-state index is 11.4. The maximum absolute atomic E-state index is 11.4. The van der Waals surface area contributed by atoms with Gasteiger partial charge in [0.05, 0.1) is 0 Å². The Labute approximate surface area is 98.8 Å². The molecule has 2 nitrogen and oxygen atoms in total. The second-order valence-electron chi connectivity index (χ2n) is 5.46. The number of ether oxygens (including phenoxy) is 1. The van der Waals surface area contributed by atoms with Crippen LogP contribution in [0.1, 0.15) is 59.3 Å². The number of carbonyl (C=O) groups is 1. The molecule has 1 saturated carbocycles. The van der Waals surface area contributed by atoms with Gasteiger partial charge in [-0.05, 0) is 33.6 Å². The van der Waals surface area contributed by atoms with E-state index in [2.05, 4.69) is 11.8 Å². The monoisotopic (exact) mass is 222 g/mol.